The highest BCUT2D eigenvalue weighted by atomic mass is 14.8. The zero-order valence-corrected chi connectivity index (χ0v) is 12.3. The van der Waals surface area contributed by atoms with Crippen molar-refractivity contribution in [2.45, 2.75) is 46.0 Å². The smallest absolute Gasteiger partial charge is 0.0107 e. The topological polar surface area (TPSA) is 0 Å². The monoisotopic (exact) mass is 254 g/mol. The van der Waals surface area contributed by atoms with E-state index in [0.717, 1.165) is 52.8 Å². The van der Waals surface area contributed by atoms with Crippen molar-refractivity contribution in [3.05, 3.63) is 12.2 Å². The van der Waals surface area contributed by atoms with Crippen LogP contribution in [0.3, 0.4) is 0 Å². The van der Waals surface area contributed by atoms with Crippen LogP contribution in [-0.4, -0.2) is 0 Å². The maximum absolute atomic E-state index is 2.73. The fourth-order valence-electron chi connectivity index (χ4n) is 9.25. The standard InChI is InChI=1S/C19H26/c1-18-6-5-12(8-18)16-17(18)13-9-19(16,2)15-11-4-3-10(7-11)14(13)15/h5-6,10-17H,3-4,7-9H2,1-2H3. The minimum absolute atomic E-state index is 0.602. The van der Waals surface area contributed by atoms with Gasteiger partial charge in [0.2, 0.25) is 0 Å². The van der Waals surface area contributed by atoms with Crippen molar-refractivity contribution in [2.75, 3.05) is 0 Å². The first-order valence-electron chi connectivity index (χ1n) is 8.81. The third-order valence-corrected chi connectivity index (χ3v) is 9.14. The van der Waals surface area contributed by atoms with Crippen LogP contribution >= 0.6 is 0 Å². The Labute approximate surface area is 117 Å². The van der Waals surface area contributed by atoms with Gasteiger partial charge in [-0.15, -0.1) is 0 Å². The van der Waals surface area contributed by atoms with Crippen molar-refractivity contribution >= 4 is 0 Å². The first-order valence-corrected chi connectivity index (χ1v) is 8.81. The zero-order chi connectivity index (χ0) is 12.6. The van der Waals surface area contributed by atoms with E-state index >= 15 is 0 Å². The highest BCUT2D eigenvalue weighted by molar-refractivity contribution is 5.31. The Morgan fingerprint density at radius 3 is 2.68 bits per heavy atom. The second-order valence-corrected chi connectivity index (χ2v) is 9.59. The van der Waals surface area contributed by atoms with E-state index in [1.54, 1.807) is 25.7 Å². The SMILES string of the molecule is CC12C=CC(C1)C1C2C2CC1(C)C1C3CCC(C3)C21. The van der Waals surface area contributed by atoms with Gasteiger partial charge in [0.15, 0.2) is 0 Å². The van der Waals surface area contributed by atoms with Gasteiger partial charge in [-0.2, -0.15) is 0 Å². The summed E-state index contributed by atoms with van der Waals surface area (Å²) in [5.74, 6) is 8.83. The Morgan fingerprint density at radius 2 is 1.79 bits per heavy atom. The van der Waals surface area contributed by atoms with Crippen molar-refractivity contribution in [1.82, 2.24) is 0 Å². The lowest BCUT2D eigenvalue weighted by atomic mass is 9.54. The Morgan fingerprint density at radius 1 is 0.947 bits per heavy atom. The van der Waals surface area contributed by atoms with Crippen molar-refractivity contribution in [3.8, 4) is 0 Å². The van der Waals surface area contributed by atoms with Crippen LogP contribution in [0.4, 0.5) is 0 Å². The predicted molar refractivity (Wildman–Crippen MR) is 76.4 cm³/mol. The van der Waals surface area contributed by atoms with Crippen LogP contribution in [0.1, 0.15) is 46.0 Å². The first kappa shape index (κ1) is 10.5. The van der Waals surface area contributed by atoms with Gasteiger partial charge < -0.3 is 0 Å². The van der Waals surface area contributed by atoms with Crippen LogP contribution in [0.2, 0.25) is 0 Å². The van der Waals surface area contributed by atoms with E-state index in [4.69, 9.17) is 0 Å². The molecule has 10 unspecified atom stereocenters. The van der Waals surface area contributed by atoms with Gasteiger partial charge >= 0.3 is 0 Å². The molecule has 5 fully saturated rings. The lowest BCUT2D eigenvalue weighted by Crippen LogP contribution is -2.46. The van der Waals surface area contributed by atoms with Gasteiger partial charge in [0.25, 0.3) is 0 Å². The molecule has 102 valence electrons. The molecule has 0 aromatic heterocycles. The van der Waals surface area contributed by atoms with E-state index in [1.165, 1.54) is 6.42 Å². The Kier molecular flexibility index (Phi) is 1.50. The first-order chi connectivity index (χ1) is 9.12. The van der Waals surface area contributed by atoms with Crippen LogP contribution in [0, 0.1) is 58.2 Å². The summed E-state index contributed by atoms with van der Waals surface area (Å²) < 4.78 is 0. The predicted octanol–water partition coefficient (Wildman–Crippen LogP) is 4.52. The lowest BCUT2D eigenvalue weighted by molar-refractivity contribution is -0.0165. The molecule has 5 saturated carbocycles. The number of fused-ring (bicyclic) bond motifs is 16. The molecular formula is C19H26. The summed E-state index contributed by atoms with van der Waals surface area (Å²) in [6, 6.07) is 0. The molecule has 0 amide bonds. The van der Waals surface area contributed by atoms with Crippen LogP contribution in [0.15, 0.2) is 12.2 Å². The lowest BCUT2D eigenvalue weighted by Gasteiger charge is -2.50. The number of hydrogen-bond donors (Lipinski definition) is 0. The molecule has 0 saturated heterocycles. The maximum Gasteiger partial charge on any atom is -0.0107 e. The largest absolute Gasteiger partial charge is 0.0845 e. The average Bonchev–Trinajstić information content (AvgIpc) is 3.11. The van der Waals surface area contributed by atoms with E-state index in [1.807, 2.05) is 0 Å². The quantitative estimate of drug-likeness (QED) is 0.440. The van der Waals surface area contributed by atoms with E-state index in [0.29, 0.717) is 5.41 Å². The summed E-state index contributed by atoms with van der Waals surface area (Å²) in [4.78, 5) is 0. The molecule has 10 atom stereocenters. The van der Waals surface area contributed by atoms with Crippen molar-refractivity contribution in [2.24, 2.45) is 58.2 Å². The van der Waals surface area contributed by atoms with Gasteiger partial charge in [0.1, 0.15) is 0 Å². The summed E-state index contributed by atoms with van der Waals surface area (Å²) >= 11 is 0. The van der Waals surface area contributed by atoms with Gasteiger partial charge in [-0.1, -0.05) is 26.0 Å². The normalized spacial score (nSPS) is 74.0. The number of hydrogen-bond acceptors (Lipinski definition) is 0. The van der Waals surface area contributed by atoms with Crippen LogP contribution in [0.5, 0.6) is 0 Å². The van der Waals surface area contributed by atoms with Gasteiger partial charge in [0.05, 0.1) is 0 Å². The van der Waals surface area contributed by atoms with Crippen LogP contribution < -0.4 is 0 Å². The summed E-state index contributed by atoms with van der Waals surface area (Å²) in [7, 11) is 0. The molecule has 0 heteroatoms. The maximum atomic E-state index is 2.73. The molecule has 19 heavy (non-hydrogen) atoms. The second kappa shape index (κ2) is 2.72. The Hall–Kier alpha value is -0.260. The number of allylic oxidation sites excluding steroid dienone is 2. The molecule has 0 nitrogen and oxygen atoms in total. The molecule has 0 aliphatic heterocycles. The minimum Gasteiger partial charge on any atom is -0.0845 e. The molecular weight excluding hydrogens is 228 g/mol. The zero-order valence-electron chi connectivity index (χ0n) is 12.3. The van der Waals surface area contributed by atoms with Crippen LogP contribution in [-0.2, 0) is 0 Å². The fourth-order valence-corrected chi connectivity index (χ4v) is 9.25. The summed E-state index contributed by atoms with van der Waals surface area (Å²) in [5.41, 5.74) is 1.34. The number of rotatable bonds is 0. The molecule has 6 rings (SSSR count). The molecule has 0 radical (unpaired) electrons. The molecule has 0 N–H and O–H groups in total. The summed E-state index contributed by atoms with van der Waals surface area (Å²) in [5, 5.41) is 0. The minimum atomic E-state index is 0.602. The molecule has 6 aliphatic carbocycles. The van der Waals surface area contributed by atoms with Crippen LogP contribution in [0.25, 0.3) is 0 Å². The molecule has 0 aromatic rings. The second-order valence-electron chi connectivity index (χ2n) is 9.59. The molecule has 6 bridgehead atoms. The molecule has 0 spiro atoms. The van der Waals surface area contributed by atoms with Gasteiger partial charge in [-0.25, -0.2) is 0 Å². The molecule has 0 heterocycles. The highest BCUT2D eigenvalue weighted by Gasteiger charge is 2.76. The van der Waals surface area contributed by atoms with Gasteiger partial charge in [0, 0.05) is 0 Å². The van der Waals surface area contributed by atoms with Gasteiger partial charge in [-0.05, 0) is 90.3 Å². The van der Waals surface area contributed by atoms with Crippen molar-refractivity contribution in [3.63, 3.8) is 0 Å². The van der Waals surface area contributed by atoms with Crippen molar-refractivity contribution in [1.29, 1.82) is 0 Å². The van der Waals surface area contributed by atoms with Gasteiger partial charge in [-0.3, -0.25) is 0 Å². The van der Waals surface area contributed by atoms with E-state index in [-0.39, 0.29) is 0 Å². The molecule has 0 aromatic carbocycles. The van der Waals surface area contributed by atoms with E-state index < -0.39 is 0 Å². The Bertz CT molecular complexity index is 504. The third-order valence-electron chi connectivity index (χ3n) is 9.14. The fraction of sp³-hybridized carbons (Fsp3) is 0.895. The summed E-state index contributed by atoms with van der Waals surface area (Å²) in [6.45, 7) is 5.33. The third kappa shape index (κ3) is 0.878. The Balaban J connectivity index is 1.54. The molecule has 6 aliphatic rings. The van der Waals surface area contributed by atoms with Crippen molar-refractivity contribution < 1.29 is 0 Å². The average molecular weight is 254 g/mol. The summed E-state index contributed by atoms with van der Waals surface area (Å²) in [6.07, 6.45) is 13.2. The highest BCUT2D eigenvalue weighted by Crippen LogP contribution is 2.82. The van der Waals surface area contributed by atoms with E-state index in [2.05, 4.69) is 26.0 Å². The van der Waals surface area contributed by atoms with E-state index in [9.17, 15) is 0 Å².